The average Bonchev–Trinajstić information content (AvgIpc) is 2.66. The Morgan fingerprint density at radius 2 is 1.67 bits per heavy atom. The fraction of sp³-hybridized carbons (Fsp3) is 0.500. The van der Waals surface area contributed by atoms with Crippen LogP contribution in [0, 0.1) is 10.8 Å². The summed E-state index contributed by atoms with van der Waals surface area (Å²) in [5.41, 5.74) is 0.745. The van der Waals surface area contributed by atoms with Gasteiger partial charge in [-0.1, -0.05) is 36.4 Å². The standard InChI is InChI=1S/C20H24O4/c1-23-17(21)7-8-19-9-12-20(13-10-19,14-11-19)18(22)24-15-16-5-3-2-4-6-16/h2-8H,9-15H2,1H3. The number of ether oxygens (including phenoxy) is 2. The van der Waals surface area contributed by atoms with Crippen LogP contribution in [-0.2, 0) is 25.7 Å². The van der Waals surface area contributed by atoms with Crippen molar-refractivity contribution in [2.45, 2.75) is 45.1 Å². The van der Waals surface area contributed by atoms with E-state index < -0.39 is 0 Å². The molecule has 0 saturated heterocycles. The lowest BCUT2D eigenvalue weighted by Gasteiger charge is -2.50. The van der Waals surface area contributed by atoms with Gasteiger partial charge in [0.05, 0.1) is 12.5 Å². The lowest BCUT2D eigenvalue weighted by molar-refractivity contribution is -0.166. The van der Waals surface area contributed by atoms with E-state index in [0.717, 1.165) is 44.1 Å². The number of fused-ring (bicyclic) bond motifs is 3. The van der Waals surface area contributed by atoms with E-state index in [0.29, 0.717) is 6.61 Å². The van der Waals surface area contributed by atoms with Gasteiger partial charge in [-0.05, 0) is 49.5 Å². The largest absolute Gasteiger partial charge is 0.466 e. The summed E-state index contributed by atoms with van der Waals surface area (Å²) < 4.78 is 10.3. The molecule has 4 heteroatoms. The number of carbonyl (C=O) groups excluding carboxylic acids is 2. The van der Waals surface area contributed by atoms with Gasteiger partial charge in [0, 0.05) is 6.08 Å². The molecule has 24 heavy (non-hydrogen) atoms. The number of esters is 2. The van der Waals surface area contributed by atoms with Gasteiger partial charge < -0.3 is 9.47 Å². The first-order chi connectivity index (χ1) is 11.6. The molecule has 0 N–H and O–H groups in total. The number of hydrogen-bond acceptors (Lipinski definition) is 4. The summed E-state index contributed by atoms with van der Waals surface area (Å²) in [6.45, 7) is 0.342. The molecular weight excluding hydrogens is 304 g/mol. The molecule has 2 bridgehead atoms. The van der Waals surface area contributed by atoms with Crippen LogP contribution in [0.5, 0.6) is 0 Å². The topological polar surface area (TPSA) is 52.6 Å². The molecule has 0 unspecified atom stereocenters. The second kappa shape index (κ2) is 6.80. The molecule has 0 aromatic heterocycles. The molecule has 0 aliphatic heterocycles. The van der Waals surface area contributed by atoms with E-state index in [4.69, 9.17) is 4.74 Å². The number of benzene rings is 1. The molecule has 0 amide bonds. The van der Waals surface area contributed by atoms with Crippen molar-refractivity contribution in [1.29, 1.82) is 0 Å². The highest BCUT2D eigenvalue weighted by molar-refractivity contribution is 5.82. The van der Waals surface area contributed by atoms with Gasteiger partial charge in [0.1, 0.15) is 6.61 Å². The Morgan fingerprint density at radius 1 is 1.04 bits per heavy atom. The van der Waals surface area contributed by atoms with Crippen LogP contribution < -0.4 is 0 Å². The first-order valence-corrected chi connectivity index (χ1v) is 8.56. The molecule has 0 atom stereocenters. The summed E-state index contributed by atoms with van der Waals surface area (Å²) in [6.07, 6.45) is 8.84. The highest BCUT2D eigenvalue weighted by atomic mass is 16.5. The molecule has 0 heterocycles. The maximum absolute atomic E-state index is 12.7. The highest BCUT2D eigenvalue weighted by Gasteiger charge is 2.52. The Morgan fingerprint density at radius 3 is 2.25 bits per heavy atom. The third kappa shape index (κ3) is 3.37. The van der Waals surface area contributed by atoms with E-state index >= 15 is 0 Å². The molecule has 4 nitrogen and oxygen atoms in total. The van der Waals surface area contributed by atoms with Crippen LogP contribution in [0.2, 0.25) is 0 Å². The van der Waals surface area contributed by atoms with Crippen LogP contribution in [0.1, 0.15) is 44.1 Å². The quantitative estimate of drug-likeness (QED) is 0.609. The molecule has 1 aromatic carbocycles. The molecule has 3 aliphatic carbocycles. The van der Waals surface area contributed by atoms with Gasteiger partial charge in [-0.25, -0.2) is 4.79 Å². The van der Waals surface area contributed by atoms with Gasteiger partial charge in [0.25, 0.3) is 0 Å². The molecule has 1 aromatic rings. The Balaban J connectivity index is 1.59. The van der Waals surface area contributed by atoms with Crippen LogP contribution in [0.3, 0.4) is 0 Å². The molecule has 3 saturated carbocycles. The van der Waals surface area contributed by atoms with Crippen molar-refractivity contribution < 1.29 is 19.1 Å². The molecule has 0 spiro atoms. The summed E-state index contributed by atoms with van der Waals surface area (Å²) in [4.78, 5) is 24.0. The molecule has 4 rings (SSSR count). The van der Waals surface area contributed by atoms with Gasteiger partial charge in [0.2, 0.25) is 0 Å². The smallest absolute Gasteiger partial charge is 0.330 e. The minimum absolute atomic E-state index is 0.0512. The Hall–Kier alpha value is -2.10. The fourth-order valence-electron chi connectivity index (χ4n) is 3.96. The summed E-state index contributed by atoms with van der Waals surface area (Å²) in [5, 5.41) is 0. The van der Waals surface area contributed by atoms with Gasteiger partial charge in [-0.2, -0.15) is 0 Å². The van der Waals surface area contributed by atoms with Gasteiger partial charge in [-0.15, -0.1) is 0 Å². The summed E-state index contributed by atoms with van der Waals surface area (Å²) in [5.74, 6) is -0.370. The van der Waals surface area contributed by atoms with E-state index in [9.17, 15) is 9.59 Å². The van der Waals surface area contributed by atoms with Crippen LogP contribution >= 0.6 is 0 Å². The number of allylic oxidation sites excluding steroid dienone is 1. The Labute approximate surface area is 142 Å². The SMILES string of the molecule is COC(=O)C=CC12CCC(C(=O)OCc3ccccc3)(CC1)CC2. The second-order valence-corrected chi connectivity index (χ2v) is 7.06. The van der Waals surface area contributed by atoms with E-state index in [1.807, 2.05) is 36.4 Å². The third-order valence-corrected chi connectivity index (χ3v) is 5.72. The zero-order chi connectivity index (χ0) is 17.0. The monoisotopic (exact) mass is 328 g/mol. The van der Waals surface area contributed by atoms with Gasteiger partial charge >= 0.3 is 11.9 Å². The van der Waals surface area contributed by atoms with Crippen molar-refractivity contribution in [2.24, 2.45) is 10.8 Å². The normalized spacial score (nSPS) is 28.7. The van der Waals surface area contributed by atoms with E-state index in [1.54, 1.807) is 0 Å². The first-order valence-electron chi connectivity index (χ1n) is 8.56. The Bertz CT molecular complexity index is 608. The third-order valence-electron chi connectivity index (χ3n) is 5.72. The molecular formula is C20H24O4. The van der Waals surface area contributed by atoms with Crippen molar-refractivity contribution in [2.75, 3.05) is 7.11 Å². The van der Waals surface area contributed by atoms with E-state index in [2.05, 4.69) is 4.74 Å². The van der Waals surface area contributed by atoms with E-state index in [1.165, 1.54) is 13.2 Å². The zero-order valence-electron chi connectivity index (χ0n) is 14.1. The number of carbonyl (C=O) groups is 2. The second-order valence-electron chi connectivity index (χ2n) is 7.06. The van der Waals surface area contributed by atoms with E-state index in [-0.39, 0.29) is 22.8 Å². The van der Waals surface area contributed by atoms with Crippen molar-refractivity contribution in [3.05, 3.63) is 48.0 Å². The maximum Gasteiger partial charge on any atom is 0.330 e. The zero-order valence-corrected chi connectivity index (χ0v) is 14.1. The van der Waals surface area contributed by atoms with Crippen molar-refractivity contribution in [3.63, 3.8) is 0 Å². The number of methoxy groups -OCH3 is 1. The summed E-state index contributed by atoms with van der Waals surface area (Å²) in [7, 11) is 1.39. The van der Waals surface area contributed by atoms with Crippen molar-refractivity contribution in [3.8, 4) is 0 Å². The minimum Gasteiger partial charge on any atom is -0.466 e. The Kier molecular flexibility index (Phi) is 4.74. The predicted octanol–water partition coefficient (Wildman–Crippen LogP) is 3.80. The lowest BCUT2D eigenvalue weighted by Crippen LogP contribution is -2.45. The van der Waals surface area contributed by atoms with Crippen LogP contribution in [0.25, 0.3) is 0 Å². The molecule has 3 aliphatic rings. The summed E-state index contributed by atoms with van der Waals surface area (Å²) in [6, 6.07) is 9.79. The van der Waals surface area contributed by atoms with Crippen LogP contribution in [-0.4, -0.2) is 19.0 Å². The maximum atomic E-state index is 12.7. The fourth-order valence-corrected chi connectivity index (χ4v) is 3.96. The molecule has 128 valence electrons. The van der Waals surface area contributed by atoms with Gasteiger partial charge in [-0.3, -0.25) is 4.79 Å². The van der Waals surface area contributed by atoms with Crippen molar-refractivity contribution >= 4 is 11.9 Å². The first kappa shape index (κ1) is 16.7. The van der Waals surface area contributed by atoms with Crippen LogP contribution in [0.4, 0.5) is 0 Å². The predicted molar refractivity (Wildman–Crippen MR) is 90.0 cm³/mol. The average molecular weight is 328 g/mol. The lowest BCUT2D eigenvalue weighted by atomic mass is 9.53. The van der Waals surface area contributed by atoms with Crippen LogP contribution in [0.15, 0.2) is 42.5 Å². The summed E-state index contributed by atoms with van der Waals surface area (Å²) >= 11 is 0. The minimum atomic E-state index is -0.324. The molecule has 0 radical (unpaired) electrons. The highest BCUT2D eigenvalue weighted by Crippen LogP contribution is 2.58. The number of rotatable bonds is 5. The van der Waals surface area contributed by atoms with Crippen molar-refractivity contribution in [1.82, 2.24) is 0 Å². The molecule has 3 fully saturated rings. The number of hydrogen-bond donors (Lipinski definition) is 0. The van der Waals surface area contributed by atoms with Gasteiger partial charge in [0.15, 0.2) is 0 Å².